The maximum absolute atomic E-state index is 9.18. The summed E-state index contributed by atoms with van der Waals surface area (Å²) in [6.45, 7) is 2.41. The number of likely N-dealkylation sites (tertiary alicyclic amines) is 1. The molecule has 2 nitrogen and oxygen atoms in total. The second-order valence-corrected chi connectivity index (χ2v) is 5.49. The zero-order valence-electron chi connectivity index (χ0n) is 9.02. The van der Waals surface area contributed by atoms with Crippen LogP contribution in [0.25, 0.3) is 0 Å². The number of hydrogen-bond donors (Lipinski definition) is 1. The van der Waals surface area contributed by atoms with Gasteiger partial charge in [-0.25, -0.2) is 0 Å². The van der Waals surface area contributed by atoms with E-state index >= 15 is 0 Å². The van der Waals surface area contributed by atoms with E-state index in [4.69, 9.17) is 0 Å². The van der Waals surface area contributed by atoms with Gasteiger partial charge in [0.1, 0.15) is 5.75 Å². The molecule has 0 spiro atoms. The summed E-state index contributed by atoms with van der Waals surface area (Å²) in [5.41, 5.74) is 0. The van der Waals surface area contributed by atoms with E-state index < -0.39 is 0 Å². The molecule has 0 unspecified atom stereocenters. The third-order valence-electron chi connectivity index (χ3n) is 2.81. The first kappa shape index (κ1) is 10.8. The fraction of sp³-hybridized carbons (Fsp3) is 0.500. The Morgan fingerprint density at radius 3 is 2.40 bits per heavy atom. The largest absolute Gasteiger partial charge is 0.508 e. The van der Waals surface area contributed by atoms with Crippen molar-refractivity contribution < 1.29 is 5.11 Å². The molecule has 1 aliphatic heterocycles. The molecule has 1 aliphatic rings. The Labute approximate surface area is 95.3 Å². The van der Waals surface area contributed by atoms with E-state index in [2.05, 4.69) is 11.9 Å². The number of rotatable bonds is 2. The highest BCUT2D eigenvalue weighted by Gasteiger charge is 2.17. The second kappa shape index (κ2) is 4.90. The lowest BCUT2D eigenvalue weighted by molar-refractivity contribution is 0.282. The van der Waals surface area contributed by atoms with Crippen molar-refractivity contribution in [3.05, 3.63) is 24.3 Å². The third kappa shape index (κ3) is 3.14. The molecule has 1 aromatic rings. The molecule has 15 heavy (non-hydrogen) atoms. The predicted octanol–water partition coefficient (Wildman–Crippen LogP) is 2.58. The molecule has 0 amide bonds. The topological polar surface area (TPSA) is 23.5 Å². The summed E-state index contributed by atoms with van der Waals surface area (Å²) in [7, 11) is 2.18. The van der Waals surface area contributed by atoms with Gasteiger partial charge in [0.25, 0.3) is 0 Å². The average molecular weight is 223 g/mol. The summed E-state index contributed by atoms with van der Waals surface area (Å²) in [4.78, 5) is 3.65. The van der Waals surface area contributed by atoms with Crippen LogP contribution < -0.4 is 0 Å². The Morgan fingerprint density at radius 1 is 1.20 bits per heavy atom. The van der Waals surface area contributed by atoms with Crippen molar-refractivity contribution >= 4 is 11.8 Å². The lowest BCUT2D eigenvalue weighted by atomic mass is 10.1. The van der Waals surface area contributed by atoms with E-state index in [1.54, 1.807) is 12.1 Å². The van der Waals surface area contributed by atoms with Gasteiger partial charge in [0.05, 0.1) is 0 Å². The van der Waals surface area contributed by atoms with Crippen molar-refractivity contribution in [3.8, 4) is 5.75 Å². The van der Waals surface area contributed by atoms with Gasteiger partial charge in [-0.15, -0.1) is 11.8 Å². The number of piperidine rings is 1. The highest BCUT2D eigenvalue weighted by atomic mass is 32.2. The molecular weight excluding hydrogens is 206 g/mol. The molecule has 0 saturated carbocycles. The minimum absolute atomic E-state index is 0.350. The van der Waals surface area contributed by atoms with E-state index in [1.165, 1.54) is 30.8 Å². The number of phenols is 1. The highest BCUT2D eigenvalue weighted by Crippen LogP contribution is 2.30. The Balaban J connectivity index is 1.89. The van der Waals surface area contributed by atoms with Crippen LogP contribution >= 0.6 is 11.8 Å². The van der Waals surface area contributed by atoms with Gasteiger partial charge in [-0.3, -0.25) is 0 Å². The monoisotopic (exact) mass is 223 g/mol. The van der Waals surface area contributed by atoms with E-state index in [0.29, 0.717) is 5.75 Å². The maximum Gasteiger partial charge on any atom is 0.115 e. The molecule has 1 saturated heterocycles. The Kier molecular flexibility index (Phi) is 3.54. The molecule has 82 valence electrons. The first-order valence-corrected chi connectivity index (χ1v) is 6.26. The van der Waals surface area contributed by atoms with Gasteiger partial charge in [0, 0.05) is 10.1 Å². The Bertz CT molecular complexity index is 304. The highest BCUT2D eigenvalue weighted by molar-refractivity contribution is 8.00. The molecule has 1 aromatic carbocycles. The van der Waals surface area contributed by atoms with Crippen molar-refractivity contribution in [2.24, 2.45) is 0 Å². The van der Waals surface area contributed by atoms with Gasteiger partial charge < -0.3 is 10.0 Å². The molecule has 0 aromatic heterocycles. The average Bonchev–Trinajstić information content (AvgIpc) is 2.25. The summed E-state index contributed by atoms with van der Waals surface area (Å²) in [5, 5.41) is 9.92. The Morgan fingerprint density at radius 2 is 1.80 bits per heavy atom. The van der Waals surface area contributed by atoms with Crippen molar-refractivity contribution in [1.29, 1.82) is 0 Å². The van der Waals surface area contributed by atoms with Crippen LogP contribution in [0.2, 0.25) is 0 Å². The van der Waals surface area contributed by atoms with Crippen LogP contribution in [-0.4, -0.2) is 35.4 Å². The molecule has 2 rings (SSSR count). The lowest BCUT2D eigenvalue weighted by Crippen LogP contribution is -2.31. The van der Waals surface area contributed by atoms with Crippen molar-refractivity contribution in [1.82, 2.24) is 4.90 Å². The summed E-state index contributed by atoms with van der Waals surface area (Å²) in [5.74, 6) is 0.350. The summed E-state index contributed by atoms with van der Waals surface area (Å²) in [6.07, 6.45) is 2.53. The van der Waals surface area contributed by atoms with E-state index in [-0.39, 0.29) is 0 Å². The lowest BCUT2D eigenvalue weighted by Gasteiger charge is -2.28. The quantitative estimate of drug-likeness (QED) is 0.833. The summed E-state index contributed by atoms with van der Waals surface area (Å²) in [6, 6.07) is 7.52. The minimum atomic E-state index is 0.350. The molecule has 0 aliphatic carbocycles. The zero-order chi connectivity index (χ0) is 10.7. The van der Waals surface area contributed by atoms with Crippen LogP contribution in [0.15, 0.2) is 29.2 Å². The van der Waals surface area contributed by atoms with Gasteiger partial charge in [0.15, 0.2) is 0 Å². The summed E-state index contributed by atoms with van der Waals surface area (Å²) >= 11 is 1.94. The van der Waals surface area contributed by atoms with Gasteiger partial charge in [-0.2, -0.15) is 0 Å². The van der Waals surface area contributed by atoms with Crippen LogP contribution in [0, 0.1) is 0 Å². The molecule has 0 atom stereocenters. The molecule has 3 heteroatoms. The number of benzene rings is 1. The van der Waals surface area contributed by atoms with Gasteiger partial charge in [-0.05, 0) is 57.2 Å². The SMILES string of the molecule is CN1CCC(Sc2ccc(O)cc2)CC1. The number of nitrogens with zero attached hydrogens (tertiary/aromatic N) is 1. The molecule has 0 bridgehead atoms. The zero-order valence-corrected chi connectivity index (χ0v) is 9.83. The van der Waals surface area contributed by atoms with Gasteiger partial charge >= 0.3 is 0 Å². The molecule has 1 heterocycles. The molecular formula is C12H17NOS. The van der Waals surface area contributed by atoms with Gasteiger partial charge in [-0.1, -0.05) is 0 Å². The van der Waals surface area contributed by atoms with Gasteiger partial charge in [0.2, 0.25) is 0 Å². The number of aromatic hydroxyl groups is 1. The van der Waals surface area contributed by atoms with E-state index in [1.807, 2.05) is 23.9 Å². The van der Waals surface area contributed by atoms with Crippen molar-refractivity contribution in [3.63, 3.8) is 0 Å². The van der Waals surface area contributed by atoms with Crippen LogP contribution in [0.3, 0.4) is 0 Å². The second-order valence-electron chi connectivity index (χ2n) is 4.11. The van der Waals surface area contributed by atoms with Crippen LogP contribution in [0.4, 0.5) is 0 Å². The smallest absolute Gasteiger partial charge is 0.115 e. The maximum atomic E-state index is 9.18. The van der Waals surface area contributed by atoms with E-state index in [0.717, 1.165) is 5.25 Å². The third-order valence-corrected chi connectivity index (χ3v) is 4.15. The van der Waals surface area contributed by atoms with Crippen LogP contribution in [-0.2, 0) is 0 Å². The first-order chi connectivity index (χ1) is 7.24. The molecule has 1 fully saturated rings. The standard InChI is InChI=1S/C12H17NOS/c1-13-8-6-12(7-9-13)15-11-4-2-10(14)3-5-11/h2-5,12,14H,6-9H2,1H3. The number of phenolic OH excluding ortho intramolecular Hbond substituents is 1. The predicted molar refractivity (Wildman–Crippen MR) is 64.5 cm³/mol. The summed E-state index contributed by atoms with van der Waals surface area (Å²) < 4.78 is 0. The number of hydrogen-bond acceptors (Lipinski definition) is 3. The van der Waals surface area contributed by atoms with Crippen molar-refractivity contribution in [2.75, 3.05) is 20.1 Å². The normalized spacial score (nSPS) is 19.3. The molecule has 0 radical (unpaired) electrons. The van der Waals surface area contributed by atoms with E-state index in [9.17, 15) is 5.11 Å². The number of thioether (sulfide) groups is 1. The fourth-order valence-electron chi connectivity index (χ4n) is 1.82. The van der Waals surface area contributed by atoms with Crippen LogP contribution in [0.1, 0.15) is 12.8 Å². The first-order valence-electron chi connectivity index (χ1n) is 5.38. The Hall–Kier alpha value is -0.670. The van der Waals surface area contributed by atoms with Crippen molar-refractivity contribution in [2.45, 2.75) is 23.0 Å². The molecule has 1 N–H and O–H groups in total. The minimum Gasteiger partial charge on any atom is -0.508 e. The fourth-order valence-corrected chi connectivity index (χ4v) is 2.94. The van der Waals surface area contributed by atoms with Crippen LogP contribution in [0.5, 0.6) is 5.75 Å².